The lowest BCUT2D eigenvalue weighted by Gasteiger charge is -2.18. The van der Waals surface area contributed by atoms with Crippen molar-refractivity contribution in [2.24, 2.45) is 0 Å². The number of alkyl halides is 4. The molecule has 1 unspecified atom stereocenters. The largest absolute Gasteiger partial charge is 0.485 e. The van der Waals surface area contributed by atoms with Crippen molar-refractivity contribution >= 4 is 35.6 Å². The van der Waals surface area contributed by atoms with Gasteiger partial charge in [0.2, 0.25) is 0 Å². The van der Waals surface area contributed by atoms with Crippen LogP contribution in [0.1, 0.15) is 28.2 Å². The molecule has 1 N–H and O–H groups in total. The number of carbonyl (C=O) groups excluding carboxylic acids is 1. The number of amides is 1. The number of ether oxygens (including phenoxy) is 1. The molecule has 0 aliphatic heterocycles. The van der Waals surface area contributed by atoms with Crippen molar-refractivity contribution in [1.82, 2.24) is 14.7 Å². The highest BCUT2D eigenvalue weighted by Gasteiger charge is 2.33. The Morgan fingerprint density at radius 3 is 2.47 bits per heavy atom. The van der Waals surface area contributed by atoms with E-state index < -0.39 is 48.7 Å². The fraction of sp³-hybridized carbons (Fsp3) is 0.300. The zero-order valence-corrected chi connectivity index (χ0v) is 18.1. The van der Waals surface area contributed by atoms with Crippen LogP contribution in [0.25, 0.3) is 5.65 Å². The number of halogens is 7. The van der Waals surface area contributed by atoms with Gasteiger partial charge >= 0.3 is 6.18 Å². The molecule has 1 atom stereocenters. The molecule has 174 valence electrons. The van der Waals surface area contributed by atoms with E-state index in [0.717, 1.165) is 12.1 Å². The number of fused-ring (bicyclic) bond motifs is 1. The summed E-state index contributed by atoms with van der Waals surface area (Å²) in [5, 5.41) is 2.26. The minimum Gasteiger partial charge on any atom is -0.485 e. The second-order valence-corrected chi connectivity index (χ2v) is 7.05. The van der Waals surface area contributed by atoms with Gasteiger partial charge in [0.25, 0.3) is 5.91 Å². The van der Waals surface area contributed by atoms with E-state index in [1.165, 1.54) is 35.7 Å². The Labute approximate surface area is 190 Å². The van der Waals surface area contributed by atoms with Crippen molar-refractivity contribution in [1.29, 1.82) is 0 Å². The molecule has 0 aliphatic carbocycles. The van der Waals surface area contributed by atoms with Gasteiger partial charge in [0.1, 0.15) is 23.9 Å². The maximum absolute atomic E-state index is 13.8. The van der Waals surface area contributed by atoms with Crippen molar-refractivity contribution in [3.63, 3.8) is 0 Å². The smallest absolute Gasteiger partial charge is 0.391 e. The molecule has 0 bridgehead atoms. The number of nitrogens with one attached hydrogen (secondary N) is 1. The predicted octanol–water partition coefficient (Wildman–Crippen LogP) is 5.21. The normalized spacial score (nSPS) is 12.3. The van der Waals surface area contributed by atoms with Gasteiger partial charge in [-0.2, -0.15) is 13.2 Å². The van der Waals surface area contributed by atoms with Crippen LogP contribution in [0.5, 0.6) is 5.75 Å². The van der Waals surface area contributed by atoms with Gasteiger partial charge in [-0.15, -0.1) is 24.0 Å². The zero-order valence-electron chi connectivity index (χ0n) is 16.5. The van der Waals surface area contributed by atoms with E-state index in [9.17, 15) is 26.7 Å². The van der Waals surface area contributed by atoms with E-state index >= 15 is 0 Å². The number of pyridine rings is 1. The monoisotopic (exact) mass is 497 g/mol. The number of benzene rings is 1. The number of hydrogen-bond acceptors (Lipinski definition) is 3. The number of carbonyl (C=O) groups is 1. The zero-order chi connectivity index (χ0) is 22.8. The van der Waals surface area contributed by atoms with Crippen molar-refractivity contribution in [2.75, 3.05) is 5.88 Å². The molecule has 0 saturated carbocycles. The topological polar surface area (TPSA) is 55.6 Å². The Morgan fingerprint density at radius 1 is 1.22 bits per heavy atom. The number of rotatable bonds is 7. The lowest BCUT2D eigenvalue weighted by atomic mass is 10.2. The summed E-state index contributed by atoms with van der Waals surface area (Å²) in [6, 6.07) is 5.10. The number of aromatic nitrogens is 2. The van der Waals surface area contributed by atoms with Crippen LogP contribution in [0.2, 0.25) is 0 Å². The van der Waals surface area contributed by atoms with Crippen LogP contribution in [-0.2, 0) is 6.61 Å². The number of nitrogens with zero attached hydrogens (tertiary/aromatic N) is 2. The molecule has 0 spiro atoms. The summed E-state index contributed by atoms with van der Waals surface area (Å²) in [6.07, 6.45) is -4.30. The Morgan fingerprint density at radius 2 is 1.88 bits per heavy atom. The van der Waals surface area contributed by atoms with E-state index in [2.05, 4.69) is 10.3 Å². The van der Waals surface area contributed by atoms with E-state index in [-0.39, 0.29) is 40.8 Å². The maximum atomic E-state index is 13.8. The van der Waals surface area contributed by atoms with Gasteiger partial charge in [-0.05, 0) is 31.2 Å². The number of aryl methyl sites for hydroxylation is 1. The van der Waals surface area contributed by atoms with Crippen LogP contribution in [0.3, 0.4) is 0 Å². The van der Waals surface area contributed by atoms with Crippen molar-refractivity contribution in [3.8, 4) is 5.75 Å². The van der Waals surface area contributed by atoms with Gasteiger partial charge in [-0.3, -0.25) is 9.20 Å². The highest BCUT2D eigenvalue weighted by molar-refractivity contribution is 6.18. The van der Waals surface area contributed by atoms with Crippen molar-refractivity contribution < 1.29 is 31.5 Å². The first-order chi connectivity index (χ1) is 14.6. The molecule has 32 heavy (non-hydrogen) atoms. The highest BCUT2D eigenvalue weighted by Crippen LogP contribution is 2.25. The summed E-state index contributed by atoms with van der Waals surface area (Å²) in [7, 11) is 0. The second kappa shape index (κ2) is 10.4. The van der Waals surface area contributed by atoms with Gasteiger partial charge in [-0.1, -0.05) is 6.07 Å². The summed E-state index contributed by atoms with van der Waals surface area (Å²) in [6.45, 7) is 1.08. The minimum atomic E-state index is -4.50. The molecule has 12 heteroatoms. The SMILES string of the molecule is Cc1nc2c(OCc3c(F)cccc3F)cccn2c1C(=O)NC(CCl)CC(F)(F)F.Cl. The Balaban J connectivity index is 0.00000363. The average Bonchev–Trinajstić information content (AvgIpc) is 3.02. The standard InChI is InChI=1S/C20H17ClF5N3O2.ClH/c1-11-17(19(30)28-12(9-21)8-20(24,25)26)29-7-3-6-16(18(29)27-11)31-10-13-14(22)4-2-5-15(13)23;/h2-7,12H,8-10H2,1H3,(H,28,30);1H. The summed E-state index contributed by atoms with van der Waals surface area (Å²) in [5.74, 6) is -2.64. The Hall–Kier alpha value is -2.59. The summed E-state index contributed by atoms with van der Waals surface area (Å²) >= 11 is 5.57. The summed E-state index contributed by atoms with van der Waals surface area (Å²) < 4.78 is 72.5. The van der Waals surface area contributed by atoms with E-state index in [1.807, 2.05) is 0 Å². The van der Waals surface area contributed by atoms with Crippen LogP contribution in [-0.4, -0.2) is 33.4 Å². The molecule has 1 aromatic carbocycles. The van der Waals surface area contributed by atoms with E-state index in [1.54, 1.807) is 0 Å². The van der Waals surface area contributed by atoms with Crippen LogP contribution < -0.4 is 10.1 Å². The van der Waals surface area contributed by atoms with Gasteiger partial charge in [0.15, 0.2) is 11.4 Å². The molecule has 0 saturated heterocycles. The molecule has 5 nitrogen and oxygen atoms in total. The third-order valence-electron chi connectivity index (χ3n) is 4.44. The van der Waals surface area contributed by atoms with Crippen molar-refractivity contribution in [3.05, 3.63) is 65.1 Å². The minimum absolute atomic E-state index is 0. The van der Waals surface area contributed by atoms with Gasteiger partial charge in [0, 0.05) is 12.1 Å². The predicted molar refractivity (Wildman–Crippen MR) is 111 cm³/mol. The molecular weight excluding hydrogens is 480 g/mol. The summed E-state index contributed by atoms with van der Waals surface area (Å²) in [4.78, 5) is 16.9. The van der Waals surface area contributed by atoms with Gasteiger partial charge in [0.05, 0.1) is 23.7 Å². The fourth-order valence-electron chi connectivity index (χ4n) is 3.04. The second-order valence-electron chi connectivity index (χ2n) is 6.74. The molecule has 0 aliphatic rings. The number of imidazole rings is 1. The third kappa shape index (κ3) is 5.80. The average molecular weight is 498 g/mol. The lowest BCUT2D eigenvalue weighted by Crippen LogP contribution is -2.40. The Kier molecular flexibility index (Phi) is 8.30. The first kappa shape index (κ1) is 25.7. The molecule has 3 rings (SSSR count). The molecule has 1 amide bonds. The first-order valence-corrected chi connectivity index (χ1v) is 9.61. The van der Waals surface area contributed by atoms with Crippen LogP contribution >= 0.6 is 24.0 Å². The van der Waals surface area contributed by atoms with E-state index in [0.29, 0.717) is 0 Å². The van der Waals surface area contributed by atoms with Crippen LogP contribution in [0, 0.1) is 18.6 Å². The van der Waals surface area contributed by atoms with Crippen LogP contribution in [0.15, 0.2) is 36.5 Å². The van der Waals surface area contributed by atoms with Gasteiger partial charge in [-0.25, -0.2) is 13.8 Å². The fourth-order valence-corrected chi connectivity index (χ4v) is 3.23. The third-order valence-corrected chi connectivity index (χ3v) is 4.81. The molecule has 0 fully saturated rings. The molecule has 2 heterocycles. The maximum Gasteiger partial charge on any atom is 0.391 e. The lowest BCUT2D eigenvalue weighted by molar-refractivity contribution is -0.138. The molecule has 3 aromatic rings. The quantitative estimate of drug-likeness (QED) is 0.360. The Bertz CT molecular complexity index is 1080. The van der Waals surface area contributed by atoms with Crippen molar-refractivity contribution in [2.45, 2.75) is 32.2 Å². The first-order valence-electron chi connectivity index (χ1n) is 9.07. The molecule has 0 radical (unpaired) electrons. The molecular formula is C20H18Cl2F5N3O2. The van der Waals surface area contributed by atoms with Crippen LogP contribution in [0.4, 0.5) is 22.0 Å². The molecule has 2 aromatic heterocycles. The van der Waals surface area contributed by atoms with E-state index in [4.69, 9.17) is 16.3 Å². The number of hydrogen-bond donors (Lipinski definition) is 1. The highest BCUT2D eigenvalue weighted by atomic mass is 35.5. The van der Waals surface area contributed by atoms with Gasteiger partial charge < -0.3 is 10.1 Å². The summed E-state index contributed by atoms with van der Waals surface area (Å²) in [5.41, 5.74) is 0.115.